The molecule has 1 N–H and O–H groups in total. The number of benzene rings is 2. The predicted octanol–water partition coefficient (Wildman–Crippen LogP) is 6.50. The molecule has 0 radical (unpaired) electrons. The summed E-state index contributed by atoms with van der Waals surface area (Å²) in [6.45, 7) is 4.29. The minimum atomic E-state index is -0.972. The number of amides is 1. The fourth-order valence-corrected chi connectivity index (χ4v) is 5.75. The van der Waals surface area contributed by atoms with E-state index in [-0.39, 0.29) is 0 Å². The number of unbranched alkanes of at least 4 members (excludes halogenated alkanes) is 1. The molecule has 5 nitrogen and oxygen atoms in total. The molecule has 2 aliphatic rings. The average Bonchev–Trinajstić information content (AvgIpc) is 2.79. The lowest BCUT2D eigenvalue weighted by Gasteiger charge is -2.32. The Morgan fingerprint density at radius 3 is 2.59 bits per heavy atom. The molecule has 6 heteroatoms. The molecule has 2 aromatic carbocycles. The Labute approximate surface area is 194 Å². The van der Waals surface area contributed by atoms with Crippen molar-refractivity contribution in [2.24, 2.45) is 0 Å². The molecule has 4 rings (SSSR count). The summed E-state index contributed by atoms with van der Waals surface area (Å²) in [5.41, 5.74) is 2.36. The number of hydrogen-bond donors (Lipinski definition) is 1. The maximum atomic E-state index is 12.6. The fourth-order valence-electron chi connectivity index (χ4n) is 4.61. The Bertz CT molecular complexity index is 922. The van der Waals surface area contributed by atoms with Crippen LogP contribution in [0.25, 0.3) is 0 Å². The van der Waals surface area contributed by atoms with Gasteiger partial charge in [0.25, 0.3) is 0 Å². The van der Waals surface area contributed by atoms with Gasteiger partial charge in [0.2, 0.25) is 0 Å². The molecule has 1 saturated carbocycles. The van der Waals surface area contributed by atoms with Gasteiger partial charge in [0.05, 0.1) is 12.3 Å². The van der Waals surface area contributed by atoms with Crippen molar-refractivity contribution in [1.82, 2.24) is 0 Å². The highest BCUT2D eigenvalue weighted by Crippen LogP contribution is 2.37. The van der Waals surface area contributed by atoms with Crippen LogP contribution in [0, 0.1) is 0 Å². The molecular weight excluding hydrogens is 422 g/mol. The van der Waals surface area contributed by atoms with E-state index < -0.39 is 22.9 Å². The second kappa shape index (κ2) is 10.2. The molecule has 1 aliphatic heterocycles. The fraction of sp³-hybridized carbons (Fsp3) is 0.500. The van der Waals surface area contributed by atoms with Crippen molar-refractivity contribution in [2.75, 3.05) is 17.7 Å². The van der Waals surface area contributed by atoms with E-state index in [9.17, 15) is 9.35 Å². The first-order chi connectivity index (χ1) is 15.4. The van der Waals surface area contributed by atoms with Crippen molar-refractivity contribution in [2.45, 2.75) is 75.2 Å². The van der Waals surface area contributed by atoms with Crippen LogP contribution in [0.3, 0.4) is 0 Å². The lowest BCUT2D eigenvalue weighted by molar-refractivity contribution is 0.0418. The highest BCUT2D eigenvalue weighted by Gasteiger charge is 2.33. The smallest absolute Gasteiger partial charge is 0.412 e. The largest absolute Gasteiger partial charge is 0.611 e. The van der Waals surface area contributed by atoms with Gasteiger partial charge >= 0.3 is 6.09 Å². The van der Waals surface area contributed by atoms with Gasteiger partial charge in [0.1, 0.15) is 17.1 Å². The van der Waals surface area contributed by atoms with Gasteiger partial charge in [-0.3, -0.25) is 5.32 Å². The first-order valence-electron chi connectivity index (χ1n) is 11.7. The number of nitrogens with one attached hydrogen (secondary N) is 1. The maximum Gasteiger partial charge on any atom is 0.412 e. The van der Waals surface area contributed by atoms with Gasteiger partial charge in [-0.25, -0.2) is 4.79 Å². The summed E-state index contributed by atoms with van der Waals surface area (Å²) in [7, 11) is 0. The number of fused-ring (bicyclic) bond motifs is 1. The highest BCUT2D eigenvalue weighted by molar-refractivity contribution is 7.91. The summed E-state index contributed by atoms with van der Waals surface area (Å²) < 4.78 is 23.9. The van der Waals surface area contributed by atoms with E-state index in [1.165, 1.54) is 37.7 Å². The van der Waals surface area contributed by atoms with E-state index in [1.807, 2.05) is 44.2 Å². The summed E-state index contributed by atoms with van der Waals surface area (Å²) in [5, 5.41) is 2.72. The van der Waals surface area contributed by atoms with E-state index >= 15 is 0 Å². The summed E-state index contributed by atoms with van der Waals surface area (Å²) in [6.07, 6.45) is 7.82. The number of cyclic esters (lactones) is 1. The molecule has 0 spiro atoms. The van der Waals surface area contributed by atoms with E-state index in [1.54, 1.807) is 0 Å². The summed E-state index contributed by atoms with van der Waals surface area (Å²) in [5.74, 6) is 2.07. The van der Waals surface area contributed by atoms with Gasteiger partial charge in [0.15, 0.2) is 4.90 Å². The highest BCUT2D eigenvalue weighted by atomic mass is 32.2. The van der Waals surface area contributed by atoms with Crippen molar-refractivity contribution in [3.05, 3.63) is 53.6 Å². The molecule has 1 heterocycles. The summed E-state index contributed by atoms with van der Waals surface area (Å²) in [4.78, 5) is 12.5. The Kier molecular flexibility index (Phi) is 7.31. The minimum Gasteiger partial charge on any atom is -0.611 e. The Hall–Kier alpha value is -2.18. The van der Waals surface area contributed by atoms with Gasteiger partial charge in [-0.1, -0.05) is 31.4 Å². The first-order valence-corrected chi connectivity index (χ1v) is 13.0. The number of carbonyl (C=O) groups excluding carboxylic acids is 1. The Balaban J connectivity index is 1.21. The average molecular weight is 456 g/mol. The van der Waals surface area contributed by atoms with Gasteiger partial charge in [-0.2, -0.15) is 0 Å². The molecule has 172 valence electrons. The molecule has 32 heavy (non-hydrogen) atoms. The van der Waals surface area contributed by atoms with E-state index in [0.717, 1.165) is 34.7 Å². The number of carbonyl (C=O) groups is 1. The first kappa shape index (κ1) is 23.0. The van der Waals surface area contributed by atoms with Gasteiger partial charge in [0, 0.05) is 5.56 Å². The lowest BCUT2D eigenvalue weighted by Crippen LogP contribution is -2.34. The molecule has 1 atom stereocenters. The predicted molar refractivity (Wildman–Crippen MR) is 128 cm³/mol. The summed E-state index contributed by atoms with van der Waals surface area (Å²) in [6, 6.07) is 14.1. The number of anilines is 1. The molecule has 1 unspecified atom stereocenters. The van der Waals surface area contributed by atoms with Crippen LogP contribution < -0.4 is 10.1 Å². The molecular formula is C26H33NO4S. The number of rotatable bonds is 8. The molecule has 0 bridgehead atoms. The van der Waals surface area contributed by atoms with Crippen molar-refractivity contribution in [1.29, 1.82) is 0 Å². The summed E-state index contributed by atoms with van der Waals surface area (Å²) >= 11 is -0.972. The molecule has 1 fully saturated rings. The van der Waals surface area contributed by atoms with Crippen molar-refractivity contribution >= 4 is 23.0 Å². The van der Waals surface area contributed by atoms with Crippen LogP contribution in [0.4, 0.5) is 10.5 Å². The van der Waals surface area contributed by atoms with Crippen molar-refractivity contribution < 1.29 is 18.8 Å². The molecule has 1 aliphatic carbocycles. The molecule has 1 amide bonds. The second-order valence-corrected chi connectivity index (χ2v) is 10.8. The number of hydrogen-bond acceptors (Lipinski definition) is 4. The van der Waals surface area contributed by atoms with Gasteiger partial charge < -0.3 is 14.0 Å². The van der Waals surface area contributed by atoms with E-state index in [4.69, 9.17) is 9.47 Å². The normalized spacial score (nSPS) is 18.9. The van der Waals surface area contributed by atoms with Crippen LogP contribution in [-0.2, 0) is 21.5 Å². The van der Waals surface area contributed by atoms with Crippen LogP contribution in [0.1, 0.15) is 75.8 Å². The monoisotopic (exact) mass is 455 g/mol. The third-order valence-electron chi connectivity index (χ3n) is 6.44. The lowest BCUT2D eigenvalue weighted by atomic mass is 9.84. The van der Waals surface area contributed by atoms with Crippen LogP contribution in [0.5, 0.6) is 5.75 Å². The topological polar surface area (TPSA) is 70.6 Å². The SMILES string of the molecule is CC1(C)OC(=O)Nc2ccc(OCCCC[S+]([O-])c3ccc(C4CCCCC4)cc3)cc21. The maximum absolute atomic E-state index is 12.6. The van der Waals surface area contributed by atoms with Crippen LogP contribution in [0.2, 0.25) is 0 Å². The van der Waals surface area contributed by atoms with Crippen LogP contribution in [0.15, 0.2) is 47.4 Å². The van der Waals surface area contributed by atoms with Crippen molar-refractivity contribution in [3.8, 4) is 5.75 Å². The van der Waals surface area contributed by atoms with Gasteiger partial charge in [-0.05, 0) is 92.5 Å². The standard InChI is InChI=1S/C26H33NO4S/c1-26(2)23-18-21(12-15-24(23)27-25(28)31-26)30-16-6-7-17-32(29)22-13-10-20(11-14-22)19-8-4-3-5-9-19/h10-15,18-19H,3-9,16-17H2,1-2H3,(H,27,28). The minimum absolute atomic E-state index is 0.437. The molecule has 0 aromatic heterocycles. The molecule has 2 aromatic rings. The molecule has 0 saturated heterocycles. The quantitative estimate of drug-likeness (QED) is 0.364. The van der Waals surface area contributed by atoms with E-state index in [0.29, 0.717) is 18.3 Å². The number of ether oxygens (including phenoxy) is 2. The zero-order valence-corrected chi connectivity index (χ0v) is 19.8. The second-order valence-electron chi connectivity index (χ2n) is 9.24. The van der Waals surface area contributed by atoms with Crippen molar-refractivity contribution in [3.63, 3.8) is 0 Å². The van der Waals surface area contributed by atoms with Crippen LogP contribution in [-0.4, -0.2) is 23.0 Å². The third kappa shape index (κ3) is 5.59. The zero-order chi connectivity index (χ0) is 22.6. The third-order valence-corrected chi connectivity index (χ3v) is 7.89. The Morgan fingerprint density at radius 2 is 1.84 bits per heavy atom. The Morgan fingerprint density at radius 1 is 1.09 bits per heavy atom. The van der Waals surface area contributed by atoms with Crippen LogP contribution >= 0.6 is 0 Å². The van der Waals surface area contributed by atoms with E-state index in [2.05, 4.69) is 17.4 Å². The zero-order valence-electron chi connectivity index (χ0n) is 19.0. The van der Waals surface area contributed by atoms with Gasteiger partial charge in [-0.15, -0.1) is 0 Å².